The Bertz CT molecular complexity index is 600. The first-order valence-corrected chi connectivity index (χ1v) is 8.59. The third-order valence-corrected chi connectivity index (χ3v) is 5.12. The van der Waals surface area contributed by atoms with E-state index in [4.69, 9.17) is 9.15 Å². The van der Waals surface area contributed by atoms with Crippen molar-refractivity contribution in [3.8, 4) is 0 Å². The Kier molecular flexibility index (Phi) is 5.18. The van der Waals surface area contributed by atoms with E-state index in [0.717, 1.165) is 25.8 Å². The molecule has 2 aliphatic rings. The van der Waals surface area contributed by atoms with Crippen LogP contribution in [0.1, 0.15) is 41.9 Å². The zero-order valence-electron chi connectivity index (χ0n) is 14.4. The summed E-state index contributed by atoms with van der Waals surface area (Å²) in [5, 5.41) is 0. The van der Waals surface area contributed by atoms with Crippen molar-refractivity contribution >= 4 is 11.8 Å². The first-order chi connectivity index (χ1) is 11.6. The van der Waals surface area contributed by atoms with Crippen molar-refractivity contribution in [3.05, 3.63) is 17.8 Å². The second-order valence-electron chi connectivity index (χ2n) is 6.61. The number of likely N-dealkylation sites (tertiary alicyclic amines) is 2. The van der Waals surface area contributed by atoms with Gasteiger partial charge in [-0.15, -0.1) is 0 Å². The number of hydrogen-bond acceptors (Lipinski definition) is 5. The lowest BCUT2D eigenvalue weighted by atomic mass is 9.83. The Balaban J connectivity index is 1.65. The number of methoxy groups -OCH3 is 1. The number of ether oxygens (including phenoxy) is 1. The molecule has 2 atom stereocenters. The lowest BCUT2D eigenvalue weighted by Gasteiger charge is -2.47. The van der Waals surface area contributed by atoms with Gasteiger partial charge in [-0.25, -0.2) is 4.98 Å². The van der Waals surface area contributed by atoms with E-state index in [1.807, 2.05) is 9.80 Å². The molecular formula is C17H25N3O4. The molecule has 7 heteroatoms. The van der Waals surface area contributed by atoms with Gasteiger partial charge in [-0.3, -0.25) is 9.59 Å². The molecule has 2 unspecified atom stereocenters. The minimum absolute atomic E-state index is 0.0914. The normalized spacial score (nSPS) is 24.2. The number of amides is 2. The zero-order valence-corrected chi connectivity index (χ0v) is 14.4. The minimum Gasteiger partial charge on any atom is -0.438 e. The molecule has 132 valence electrons. The van der Waals surface area contributed by atoms with Gasteiger partial charge in [0.15, 0.2) is 6.39 Å². The number of carbonyl (C=O) groups excluding carboxylic acids is 2. The molecule has 3 rings (SSSR count). The summed E-state index contributed by atoms with van der Waals surface area (Å²) < 4.78 is 10.3. The summed E-state index contributed by atoms with van der Waals surface area (Å²) >= 11 is 0. The van der Waals surface area contributed by atoms with Crippen molar-refractivity contribution < 1.29 is 18.7 Å². The zero-order chi connectivity index (χ0) is 17.1. The van der Waals surface area contributed by atoms with Crippen LogP contribution in [0.15, 0.2) is 10.8 Å². The van der Waals surface area contributed by atoms with Crippen molar-refractivity contribution in [1.29, 1.82) is 0 Å². The third kappa shape index (κ3) is 3.31. The molecule has 7 nitrogen and oxygen atoms in total. The van der Waals surface area contributed by atoms with E-state index in [0.29, 0.717) is 43.5 Å². The molecule has 2 saturated heterocycles. The lowest BCUT2D eigenvalue weighted by molar-refractivity contribution is -0.140. The number of carbonyl (C=O) groups is 2. The smallest absolute Gasteiger partial charge is 0.291 e. The van der Waals surface area contributed by atoms with Crippen molar-refractivity contribution in [1.82, 2.24) is 14.8 Å². The second-order valence-corrected chi connectivity index (χ2v) is 6.61. The molecule has 0 aromatic carbocycles. The maximum Gasteiger partial charge on any atom is 0.291 e. The van der Waals surface area contributed by atoms with E-state index in [1.54, 1.807) is 14.0 Å². The van der Waals surface area contributed by atoms with E-state index in [1.165, 1.54) is 6.39 Å². The van der Waals surface area contributed by atoms with Crippen LogP contribution < -0.4 is 0 Å². The second kappa shape index (κ2) is 7.34. The predicted molar refractivity (Wildman–Crippen MR) is 86.5 cm³/mol. The first kappa shape index (κ1) is 17.0. The molecule has 24 heavy (non-hydrogen) atoms. The highest BCUT2D eigenvalue weighted by atomic mass is 16.5. The van der Waals surface area contributed by atoms with Gasteiger partial charge in [-0.2, -0.15) is 0 Å². The number of hydrogen-bond donors (Lipinski definition) is 0. The summed E-state index contributed by atoms with van der Waals surface area (Å²) in [7, 11) is 1.68. The van der Waals surface area contributed by atoms with E-state index in [9.17, 15) is 9.59 Å². The number of aryl methyl sites for hydroxylation is 1. The van der Waals surface area contributed by atoms with Gasteiger partial charge in [0.1, 0.15) is 0 Å². The standard InChI is InChI=1S/C17H25N3O4/c1-12-16(24-11-18-12)17(22)19-8-6-14-13(10-19)4-5-15(21)20(14)7-3-9-23-2/h11,13-14H,3-10H2,1-2H3. The van der Waals surface area contributed by atoms with Crippen molar-refractivity contribution in [3.63, 3.8) is 0 Å². The number of rotatable bonds is 5. The van der Waals surface area contributed by atoms with Crippen LogP contribution in [0.4, 0.5) is 0 Å². The van der Waals surface area contributed by atoms with Crippen LogP contribution >= 0.6 is 0 Å². The molecule has 1 aromatic rings. The van der Waals surface area contributed by atoms with Gasteiger partial charge < -0.3 is 19.0 Å². The van der Waals surface area contributed by atoms with Crippen LogP contribution in [-0.2, 0) is 9.53 Å². The highest BCUT2D eigenvalue weighted by Gasteiger charge is 2.40. The Hall–Kier alpha value is -1.89. The van der Waals surface area contributed by atoms with Crippen LogP contribution in [0.25, 0.3) is 0 Å². The molecule has 0 N–H and O–H groups in total. The highest BCUT2D eigenvalue weighted by molar-refractivity contribution is 5.92. The minimum atomic E-state index is -0.0914. The average Bonchev–Trinajstić information content (AvgIpc) is 3.02. The van der Waals surface area contributed by atoms with Crippen molar-refractivity contribution in [2.24, 2.45) is 5.92 Å². The van der Waals surface area contributed by atoms with Crippen LogP contribution in [0, 0.1) is 12.8 Å². The Morgan fingerprint density at radius 2 is 2.29 bits per heavy atom. The van der Waals surface area contributed by atoms with Crippen molar-refractivity contribution in [2.75, 3.05) is 33.4 Å². The van der Waals surface area contributed by atoms with Gasteiger partial charge >= 0.3 is 0 Å². The molecule has 0 spiro atoms. The van der Waals surface area contributed by atoms with Gasteiger partial charge in [0.25, 0.3) is 5.91 Å². The first-order valence-electron chi connectivity index (χ1n) is 8.59. The summed E-state index contributed by atoms with van der Waals surface area (Å²) in [5.41, 5.74) is 0.627. The van der Waals surface area contributed by atoms with E-state index in [-0.39, 0.29) is 17.9 Å². The summed E-state index contributed by atoms with van der Waals surface area (Å²) in [5.74, 6) is 0.813. The monoisotopic (exact) mass is 335 g/mol. The molecule has 1 aromatic heterocycles. The SMILES string of the molecule is COCCCN1C(=O)CCC2CN(C(=O)c3ocnc3C)CCC21. The molecular weight excluding hydrogens is 310 g/mol. The quantitative estimate of drug-likeness (QED) is 0.762. The summed E-state index contributed by atoms with van der Waals surface area (Å²) in [6.07, 6.45) is 4.40. The molecule has 0 bridgehead atoms. The average molecular weight is 335 g/mol. The van der Waals surface area contributed by atoms with Crippen LogP contribution in [0.3, 0.4) is 0 Å². The van der Waals surface area contributed by atoms with Crippen LogP contribution in [0.2, 0.25) is 0 Å². The highest BCUT2D eigenvalue weighted by Crippen LogP contribution is 2.32. The van der Waals surface area contributed by atoms with Gasteiger partial charge in [0, 0.05) is 45.8 Å². The van der Waals surface area contributed by atoms with E-state index in [2.05, 4.69) is 4.98 Å². The van der Waals surface area contributed by atoms with Gasteiger partial charge in [-0.1, -0.05) is 0 Å². The molecule has 2 amide bonds. The fourth-order valence-electron chi connectivity index (χ4n) is 3.86. The predicted octanol–water partition coefficient (Wildman–Crippen LogP) is 1.47. The molecule has 0 aliphatic carbocycles. The number of fused-ring (bicyclic) bond motifs is 1. The van der Waals surface area contributed by atoms with Gasteiger partial charge in [0.2, 0.25) is 11.7 Å². The number of aromatic nitrogens is 1. The van der Waals surface area contributed by atoms with Crippen LogP contribution in [-0.4, -0.2) is 66.0 Å². The molecule has 2 aliphatic heterocycles. The largest absolute Gasteiger partial charge is 0.438 e. The van der Waals surface area contributed by atoms with Gasteiger partial charge in [-0.05, 0) is 32.1 Å². The molecule has 0 saturated carbocycles. The third-order valence-electron chi connectivity index (χ3n) is 5.12. The number of nitrogens with zero attached hydrogens (tertiary/aromatic N) is 3. The number of piperidine rings is 2. The number of oxazole rings is 1. The fourth-order valence-corrected chi connectivity index (χ4v) is 3.86. The maximum atomic E-state index is 12.6. The Morgan fingerprint density at radius 3 is 3.00 bits per heavy atom. The van der Waals surface area contributed by atoms with Crippen molar-refractivity contribution in [2.45, 2.75) is 38.6 Å². The lowest BCUT2D eigenvalue weighted by Crippen LogP contribution is -2.57. The van der Waals surface area contributed by atoms with E-state index >= 15 is 0 Å². The molecule has 0 radical (unpaired) electrons. The summed E-state index contributed by atoms with van der Waals surface area (Å²) in [6.45, 7) is 4.51. The Labute approximate surface area is 141 Å². The molecule has 2 fully saturated rings. The summed E-state index contributed by atoms with van der Waals surface area (Å²) in [6, 6.07) is 0.239. The van der Waals surface area contributed by atoms with Crippen LogP contribution in [0.5, 0.6) is 0 Å². The Morgan fingerprint density at radius 1 is 1.46 bits per heavy atom. The maximum absolute atomic E-state index is 12.6. The van der Waals surface area contributed by atoms with Gasteiger partial charge in [0.05, 0.1) is 5.69 Å². The topological polar surface area (TPSA) is 75.9 Å². The molecule has 3 heterocycles. The summed E-state index contributed by atoms with van der Waals surface area (Å²) in [4.78, 5) is 32.7. The fraction of sp³-hybridized carbons (Fsp3) is 0.706. The van der Waals surface area contributed by atoms with E-state index < -0.39 is 0 Å².